The van der Waals surface area contributed by atoms with Crippen LogP contribution in [-0.4, -0.2) is 81.7 Å². The summed E-state index contributed by atoms with van der Waals surface area (Å²) in [7, 11) is 11.0. The highest BCUT2D eigenvalue weighted by molar-refractivity contribution is 6.38. The van der Waals surface area contributed by atoms with Crippen LogP contribution in [0, 0.1) is 0 Å². The third-order valence-corrected chi connectivity index (χ3v) is 6.58. The van der Waals surface area contributed by atoms with Crippen LogP contribution in [0.3, 0.4) is 0 Å². The molecule has 1 heterocycles. The van der Waals surface area contributed by atoms with Gasteiger partial charge in [0, 0.05) is 42.4 Å². The first-order valence-corrected chi connectivity index (χ1v) is 13.0. The lowest BCUT2D eigenvalue weighted by atomic mass is 9.99. The average molecular weight is 570 g/mol. The van der Waals surface area contributed by atoms with Crippen molar-refractivity contribution in [3.05, 3.63) is 75.5 Å². The van der Waals surface area contributed by atoms with Gasteiger partial charge in [-0.25, -0.2) is 9.98 Å². The molecule has 0 spiro atoms. The third kappa shape index (κ3) is 7.64. The number of aliphatic imine (C=N–C) groups is 2. The predicted octanol–water partition coefficient (Wildman–Crippen LogP) is 5.88. The zero-order valence-electron chi connectivity index (χ0n) is 23.2. The Hall–Kier alpha value is -3.30. The minimum Gasteiger partial charge on any atom is -0.480 e. The van der Waals surface area contributed by atoms with Crippen molar-refractivity contribution in [2.24, 2.45) is 9.98 Å². The Morgan fingerprint density at radius 1 is 0.974 bits per heavy atom. The van der Waals surface area contributed by atoms with E-state index in [0.29, 0.717) is 52.7 Å². The number of hydrogen-bond donors (Lipinski definition) is 0. The van der Waals surface area contributed by atoms with E-state index in [-0.39, 0.29) is 0 Å². The highest BCUT2D eigenvalue weighted by Crippen LogP contribution is 2.40. The number of ether oxygens (including phenoxy) is 2. The summed E-state index contributed by atoms with van der Waals surface area (Å²) in [6.07, 6.45) is 4.01. The molecular formula is C29H34Cl2N6O2. The lowest BCUT2D eigenvalue weighted by Crippen LogP contribution is -2.16. The predicted molar refractivity (Wildman–Crippen MR) is 161 cm³/mol. The monoisotopic (exact) mass is 568 g/mol. The number of rotatable bonds is 12. The zero-order valence-corrected chi connectivity index (χ0v) is 24.7. The van der Waals surface area contributed by atoms with Gasteiger partial charge >= 0.3 is 0 Å². The first kappa shape index (κ1) is 30.2. The van der Waals surface area contributed by atoms with E-state index < -0.39 is 0 Å². The lowest BCUT2D eigenvalue weighted by molar-refractivity contribution is 0.278. The van der Waals surface area contributed by atoms with E-state index in [1.54, 1.807) is 26.6 Å². The first-order chi connectivity index (χ1) is 18.7. The molecule has 3 aromatic rings. The highest BCUT2D eigenvalue weighted by Gasteiger charge is 2.17. The fraction of sp³-hybridized carbons (Fsp3) is 0.310. The summed E-state index contributed by atoms with van der Waals surface area (Å²) in [6, 6.07) is 11.6. The second kappa shape index (κ2) is 14.2. The molecule has 0 atom stereocenters. The van der Waals surface area contributed by atoms with Crippen molar-refractivity contribution >= 4 is 36.1 Å². The summed E-state index contributed by atoms with van der Waals surface area (Å²) >= 11 is 13.8. The van der Waals surface area contributed by atoms with Gasteiger partial charge in [0.1, 0.15) is 11.4 Å². The molecule has 3 rings (SSSR count). The van der Waals surface area contributed by atoms with Crippen molar-refractivity contribution < 1.29 is 9.47 Å². The molecular weight excluding hydrogens is 535 g/mol. The summed E-state index contributed by atoms with van der Waals surface area (Å²) in [5.74, 6) is 0.853. The van der Waals surface area contributed by atoms with Crippen molar-refractivity contribution in [2.45, 2.75) is 13.0 Å². The Morgan fingerprint density at radius 2 is 1.64 bits per heavy atom. The van der Waals surface area contributed by atoms with E-state index in [9.17, 15) is 0 Å². The maximum atomic E-state index is 6.94. The Labute approximate surface area is 240 Å². The second-order valence-corrected chi connectivity index (χ2v) is 10.0. The van der Waals surface area contributed by atoms with Crippen LogP contribution in [0.4, 0.5) is 0 Å². The molecule has 0 saturated carbocycles. The summed E-state index contributed by atoms with van der Waals surface area (Å²) < 4.78 is 10.8. The van der Waals surface area contributed by atoms with E-state index in [1.165, 1.54) is 0 Å². The SMILES string of the molecule is C=N/C(OC)=C(CN(C)C)\N=C/Cc1cccc(-c2cccc(-c3cnc(CN(C)C)c(OC)n3)c2Cl)c1Cl. The topological polar surface area (TPSA) is 75.4 Å². The summed E-state index contributed by atoms with van der Waals surface area (Å²) in [5, 5.41) is 1.12. The van der Waals surface area contributed by atoms with Gasteiger partial charge in [0.2, 0.25) is 11.8 Å². The number of nitrogens with zero attached hydrogens (tertiary/aromatic N) is 6. The highest BCUT2D eigenvalue weighted by atomic mass is 35.5. The normalized spacial score (nSPS) is 12.3. The van der Waals surface area contributed by atoms with Crippen LogP contribution in [0.1, 0.15) is 11.3 Å². The molecule has 10 heteroatoms. The molecule has 0 N–H and O–H groups in total. The van der Waals surface area contributed by atoms with Crippen molar-refractivity contribution in [1.29, 1.82) is 0 Å². The number of aromatic nitrogens is 2. The van der Waals surface area contributed by atoms with Gasteiger partial charge in [-0.2, -0.15) is 0 Å². The van der Waals surface area contributed by atoms with Crippen LogP contribution in [-0.2, 0) is 17.7 Å². The molecule has 0 fully saturated rings. The average Bonchev–Trinajstić information content (AvgIpc) is 2.90. The van der Waals surface area contributed by atoms with Gasteiger partial charge in [0.25, 0.3) is 0 Å². The lowest BCUT2D eigenvalue weighted by Gasteiger charge is -2.15. The Morgan fingerprint density at radius 3 is 2.26 bits per heavy atom. The molecule has 0 bridgehead atoms. The minimum absolute atomic E-state index is 0.387. The van der Waals surface area contributed by atoms with Crippen LogP contribution < -0.4 is 4.74 Å². The number of hydrogen-bond acceptors (Lipinski definition) is 8. The maximum absolute atomic E-state index is 6.94. The smallest absolute Gasteiger partial charge is 0.237 e. The van der Waals surface area contributed by atoms with Gasteiger partial charge < -0.3 is 19.3 Å². The van der Waals surface area contributed by atoms with Crippen LogP contribution in [0.2, 0.25) is 10.0 Å². The zero-order chi connectivity index (χ0) is 28.5. The van der Waals surface area contributed by atoms with Crippen LogP contribution in [0.5, 0.6) is 5.88 Å². The number of methoxy groups -OCH3 is 2. The fourth-order valence-electron chi connectivity index (χ4n) is 3.97. The van der Waals surface area contributed by atoms with Gasteiger partial charge in [0.05, 0.1) is 36.2 Å². The Bertz CT molecular complexity index is 1370. The van der Waals surface area contributed by atoms with Crippen molar-refractivity contribution in [3.8, 4) is 28.3 Å². The van der Waals surface area contributed by atoms with Crippen LogP contribution >= 0.6 is 23.2 Å². The second-order valence-electron chi connectivity index (χ2n) is 9.26. The molecule has 2 aromatic carbocycles. The van der Waals surface area contributed by atoms with E-state index in [2.05, 4.69) is 26.7 Å². The Balaban J connectivity index is 1.96. The molecule has 1 aromatic heterocycles. The number of halogens is 2. The number of likely N-dealkylation sites (N-methyl/N-ethyl adjacent to an activating group) is 1. The molecule has 0 amide bonds. The van der Waals surface area contributed by atoms with Crippen LogP contribution in [0.25, 0.3) is 22.4 Å². The van der Waals surface area contributed by atoms with Gasteiger partial charge in [-0.15, -0.1) is 0 Å². The number of benzene rings is 2. The molecule has 8 nitrogen and oxygen atoms in total. The minimum atomic E-state index is 0.387. The van der Waals surface area contributed by atoms with Crippen molar-refractivity contribution in [2.75, 3.05) is 49.0 Å². The fourth-order valence-corrected chi connectivity index (χ4v) is 4.60. The van der Waals surface area contributed by atoms with Gasteiger partial charge in [-0.1, -0.05) is 59.6 Å². The van der Waals surface area contributed by atoms with E-state index >= 15 is 0 Å². The third-order valence-electron chi connectivity index (χ3n) is 5.72. The molecule has 39 heavy (non-hydrogen) atoms. The van der Waals surface area contributed by atoms with E-state index in [0.717, 1.165) is 27.9 Å². The van der Waals surface area contributed by atoms with Crippen molar-refractivity contribution in [1.82, 2.24) is 19.8 Å². The van der Waals surface area contributed by atoms with E-state index in [4.69, 9.17) is 32.7 Å². The summed E-state index contributed by atoms with van der Waals surface area (Å²) in [4.78, 5) is 21.8. The first-order valence-electron chi connectivity index (χ1n) is 12.2. The molecule has 0 aliphatic rings. The van der Waals surface area contributed by atoms with Crippen molar-refractivity contribution in [3.63, 3.8) is 0 Å². The van der Waals surface area contributed by atoms with Crippen LogP contribution in [0.15, 0.2) is 64.2 Å². The molecule has 0 aliphatic heterocycles. The summed E-state index contributed by atoms with van der Waals surface area (Å²) in [6.45, 7) is 4.74. The Kier molecular flexibility index (Phi) is 11.0. The molecule has 0 unspecified atom stereocenters. The molecule has 0 saturated heterocycles. The quantitative estimate of drug-likeness (QED) is 0.200. The standard InChI is InChI=1S/C29H34Cl2N6O2/c1-32-28(38-6)24(17-36(2)3)33-15-14-19-10-8-11-20(26(19)30)21-12-9-13-22(27(21)31)23-16-34-25(18-37(4)5)29(35-23)39-7/h8-13,15-16H,1,14,17-18H2,2-7H3/b28-24+,33-15-. The molecule has 0 aliphatic carbocycles. The van der Waals surface area contributed by atoms with Gasteiger partial charge in [-0.3, -0.25) is 9.98 Å². The van der Waals surface area contributed by atoms with Gasteiger partial charge in [-0.05, 0) is 40.5 Å². The molecule has 0 radical (unpaired) electrons. The van der Waals surface area contributed by atoms with E-state index in [1.807, 2.05) is 74.4 Å². The maximum Gasteiger partial charge on any atom is 0.237 e. The van der Waals surface area contributed by atoms with Gasteiger partial charge in [0.15, 0.2) is 0 Å². The molecule has 206 valence electrons. The largest absolute Gasteiger partial charge is 0.480 e. The summed E-state index contributed by atoms with van der Waals surface area (Å²) in [5.41, 5.74) is 5.29.